The van der Waals surface area contributed by atoms with Crippen molar-refractivity contribution >= 4 is 45.5 Å². The summed E-state index contributed by atoms with van der Waals surface area (Å²) in [6.07, 6.45) is 5.63. The Morgan fingerprint density at radius 1 is 1.33 bits per heavy atom. The van der Waals surface area contributed by atoms with Crippen LogP contribution >= 0.6 is 45.5 Å². The van der Waals surface area contributed by atoms with Gasteiger partial charge in [0.15, 0.2) is 0 Å². The third kappa shape index (κ3) is 1.54. The molecule has 1 spiro atoms. The molecule has 0 bridgehead atoms. The Labute approximate surface area is 102 Å². The summed E-state index contributed by atoms with van der Waals surface area (Å²) in [5.74, 6) is 0.917. The Morgan fingerprint density at radius 2 is 1.92 bits per heavy atom. The van der Waals surface area contributed by atoms with E-state index < -0.39 is 0 Å². The van der Waals surface area contributed by atoms with Crippen LogP contribution in [0.15, 0.2) is 0 Å². The Morgan fingerprint density at radius 3 is 2.42 bits per heavy atom. The first kappa shape index (κ1) is 9.96. The molecule has 0 amide bonds. The average Bonchev–Trinajstić information content (AvgIpc) is 2.64. The van der Waals surface area contributed by atoms with Crippen molar-refractivity contribution < 1.29 is 0 Å². The minimum Gasteiger partial charge on any atom is -0.226 e. The molecule has 1 aliphatic carbocycles. The minimum atomic E-state index is 0.395. The lowest BCUT2D eigenvalue weighted by Gasteiger charge is -2.45. The topological polar surface area (TPSA) is 3.24 Å². The summed E-state index contributed by atoms with van der Waals surface area (Å²) in [6, 6.07) is 0. The monoisotopic (exact) mass is 391 g/mol. The van der Waals surface area contributed by atoms with Crippen molar-refractivity contribution in [3.63, 3.8) is 0 Å². The molecular formula is C9H15I2N. The summed E-state index contributed by atoms with van der Waals surface area (Å²) in [5, 5.41) is 0. The molecule has 1 saturated heterocycles. The van der Waals surface area contributed by atoms with Gasteiger partial charge in [0.25, 0.3) is 0 Å². The second-order valence-electron chi connectivity index (χ2n) is 4.66. The standard InChI is InChI=1S/C9H15I2N/c1-7-5-8(2,10)12(11)9(6-7)3-4-9/h7H,3-6H2,1-2H3. The first-order chi connectivity index (χ1) is 5.46. The first-order valence-corrected chi connectivity index (χ1v) is 6.66. The quantitative estimate of drug-likeness (QED) is 0.263. The van der Waals surface area contributed by atoms with E-state index in [0.717, 1.165) is 5.92 Å². The molecule has 2 unspecified atom stereocenters. The SMILES string of the molecule is CC1CC(C)(I)N(I)C2(CC2)C1. The van der Waals surface area contributed by atoms with Gasteiger partial charge in [-0.1, -0.05) is 29.5 Å². The smallest absolute Gasteiger partial charge is 0.0799 e. The van der Waals surface area contributed by atoms with E-state index >= 15 is 0 Å². The molecule has 0 aromatic heterocycles. The Bertz CT molecular complexity index is 191. The molecule has 2 rings (SSSR count). The van der Waals surface area contributed by atoms with Crippen LogP contribution in [0.25, 0.3) is 0 Å². The van der Waals surface area contributed by atoms with Gasteiger partial charge in [-0.05, 0) is 38.5 Å². The van der Waals surface area contributed by atoms with Gasteiger partial charge in [0, 0.05) is 28.4 Å². The van der Waals surface area contributed by atoms with Crippen molar-refractivity contribution in [1.82, 2.24) is 3.11 Å². The summed E-state index contributed by atoms with van der Waals surface area (Å²) in [5.41, 5.74) is 0.605. The molecule has 2 aliphatic rings. The molecule has 0 aromatic rings. The van der Waals surface area contributed by atoms with Gasteiger partial charge in [0.2, 0.25) is 0 Å². The molecule has 2 fully saturated rings. The van der Waals surface area contributed by atoms with Gasteiger partial charge in [-0.3, -0.25) is 0 Å². The van der Waals surface area contributed by atoms with Crippen molar-refractivity contribution in [2.45, 2.75) is 48.6 Å². The van der Waals surface area contributed by atoms with Gasteiger partial charge in [0.1, 0.15) is 0 Å². The fraction of sp³-hybridized carbons (Fsp3) is 1.00. The predicted octanol–water partition coefficient (Wildman–Crippen LogP) is 3.75. The van der Waals surface area contributed by atoms with E-state index in [9.17, 15) is 0 Å². The van der Waals surface area contributed by atoms with E-state index in [1.54, 1.807) is 0 Å². The van der Waals surface area contributed by atoms with Crippen LogP contribution in [0.3, 0.4) is 0 Å². The van der Waals surface area contributed by atoms with Crippen LogP contribution in [0.5, 0.6) is 0 Å². The van der Waals surface area contributed by atoms with Crippen molar-refractivity contribution in [2.24, 2.45) is 5.92 Å². The Hall–Kier alpha value is 1.42. The Kier molecular flexibility index (Phi) is 2.45. The average molecular weight is 391 g/mol. The highest BCUT2D eigenvalue weighted by Gasteiger charge is 2.56. The number of hydrogen-bond acceptors (Lipinski definition) is 1. The van der Waals surface area contributed by atoms with Crippen molar-refractivity contribution in [1.29, 1.82) is 0 Å². The van der Waals surface area contributed by atoms with Crippen LogP contribution in [0, 0.1) is 5.92 Å². The van der Waals surface area contributed by atoms with E-state index in [2.05, 4.69) is 62.4 Å². The number of halogens is 2. The lowest BCUT2D eigenvalue weighted by atomic mass is 9.88. The van der Waals surface area contributed by atoms with Crippen LogP contribution in [0.4, 0.5) is 0 Å². The maximum absolute atomic E-state index is 2.62. The van der Waals surface area contributed by atoms with Crippen LogP contribution < -0.4 is 0 Å². The third-order valence-electron chi connectivity index (χ3n) is 3.10. The number of nitrogens with zero attached hydrogens (tertiary/aromatic N) is 1. The van der Waals surface area contributed by atoms with E-state index in [1.165, 1.54) is 25.7 Å². The molecule has 1 saturated carbocycles. The summed E-state index contributed by atoms with van der Waals surface area (Å²) in [6.45, 7) is 4.77. The van der Waals surface area contributed by atoms with E-state index in [-0.39, 0.29) is 0 Å². The fourth-order valence-electron chi connectivity index (χ4n) is 2.56. The second-order valence-corrected chi connectivity index (χ2v) is 7.95. The second kappa shape index (κ2) is 2.95. The number of alkyl halides is 1. The summed E-state index contributed by atoms with van der Waals surface area (Å²) < 4.78 is 2.99. The number of piperidine rings is 1. The van der Waals surface area contributed by atoms with Gasteiger partial charge in [-0.25, -0.2) is 3.11 Å². The van der Waals surface area contributed by atoms with Crippen LogP contribution in [0.2, 0.25) is 0 Å². The van der Waals surface area contributed by atoms with Gasteiger partial charge < -0.3 is 0 Å². The molecule has 0 aromatic carbocycles. The minimum absolute atomic E-state index is 0.395. The van der Waals surface area contributed by atoms with Crippen LogP contribution in [-0.2, 0) is 0 Å². The van der Waals surface area contributed by atoms with E-state index in [4.69, 9.17) is 0 Å². The van der Waals surface area contributed by atoms with Crippen LogP contribution in [-0.4, -0.2) is 12.2 Å². The zero-order valence-electron chi connectivity index (χ0n) is 7.61. The molecule has 0 radical (unpaired) electrons. The van der Waals surface area contributed by atoms with Gasteiger partial charge in [-0.2, -0.15) is 0 Å². The van der Waals surface area contributed by atoms with Gasteiger partial charge in [-0.15, -0.1) is 0 Å². The number of rotatable bonds is 0. The highest BCUT2D eigenvalue weighted by Crippen LogP contribution is 2.58. The molecule has 70 valence electrons. The lowest BCUT2D eigenvalue weighted by Crippen LogP contribution is -2.48. The predicted molar refractivity (Wildman–Crippen MR) is 68.6 cm³/mol. The first-order valence-electron chi connectivity index (χ1n) is 4.61. The molecule has 12 heavy (non-hydrogen) atoms. The van der Waals surface area contributed by atoms with Gasteiger partial charge >= 0.3 is 0 Å². The largest absolute Gasteiger partial charge is 0.226 e. The van der Waals surface area contributed by atoms with E-state index in [0.29, 0.717) is 9.08 Å². The molecule has 1 aliphatic heterocycles. The third-order valence-corrected chi connectivity index (χ3v) is 7.04. The lowest BCUT2D eigenvalue weighted by molar-refractivity contribution is 0.156. The molecule has 3 heteroatoms. The summed E-state index contributed by atoms with van der Waals surface area (Å²) in [7, 11) is 0. The molecule has 1 nitrogen and oxygen atoms in total. The van der Waals surface area contributed by atoms with Crippen LogP contribution in [0.1, 0.15) is 39.5 Å². The summed E-state index contributed by atoms with van der Waals surface area (Å²) in [4.78, 5) is 0. The molecular weight excluding hydrogens is 376 g/mol. The van der Waals surface area contributed by atoms with Crippen molar-refractivity contribution in [3.05, 3.63) is 0 Å². The van der Waals surface area contributed by atoms with Crippen molar-refractivity contribution in [2.75, 3.05) is 0 Å². The van der Waals surface area contributed by atoms with E-state index in [1.807, 2.05) is 0 Å². The number of hydrogen-bond donors (Lipinski definition) is 0. The van der Waals surface area contributed by atoms with Crippen molar-refractivity contribution in [3.8, 4) is 0 Å². The molecule has 0 N–H and O–H groups in total. The zero-order valence-corrected chi connectivity index (χ0v) is 11.9. The normalized spacial score (nSPS) is 46.5. The fourth-order valence-corrected chi connectivity index (χ4v) is 4.70. The Balaban J connectivity index is 2.19. The highest BCUT2D eigenvalue weighted by atomic mass is 127. The summed E-state index contributed by atoms with van der Waals surface area (Å²) >= 11 is 5.16. The maximum atomic E-state index is 2.62. The van der Waals surface area contributed by atoms with Gasteiger partial charge in [0.05, 0.1) is 3.55 Å². The molecule has 2 atom stereocenters. The zero-order chi connectivity index (χ0) is 8.98. The molecule has 1 heterocycles. The highest BCUT2D eigenvalue weighted by molar-refractivity contribution is 14.1. The maximum Gasteiger partial charge on any atom is 0.0799 e.